The molecule has 1 unspecified atom stereocenters. The van der Waals surface area contributed by atoms with Crippen LogP contribution in [0.2, 0.25) is 0 Å². The molecule has 0 radical (unpaired) electrons. The number of rotatable bonds is 6. The van der Waals surface area contributed by atoms with E-state index in [4.69, 9.17) is 5.11 Å². The summed E-state index contributed by atoms with van der Waals surface area (Å²) in [4.78, 5) is 28.4. The number of halogens is 2. The molecule has 3 aliphatic rings. The minimum atomic E-state index is -0.495. The first-order chi connectivity index (χ1) is 24.9. The SMILES string of the molecule is CO.O=C1CCC(c2ccc(N3CCC(N4CCC(c5ccc(-n6ccc7nnc(-c8ccccc8)cc76)cc5F)CC4)CC3)c(F)c2)C(=O)N1. The number of fused-ring (bicyclic) bond motifs is 1. The van der Waals surface area contributed by atoms with E-state index in [1.165, 1.54) is 6.07 Å². The molecule has 2 aromatic heterocycles. The number of amides is 2. The first-order valence-electron chi connectivity index (χ1n) is 17.7. The number of carbonyl (C=O) groups excluding carboxylic acids is 2. The number of aromatic nitrogens is 3. The van der Waals surface area contributed by atoms with Crippen molar-refractivity contribution in [2.24, 2.45) is 0 Å². The molecule has 5 aromatic rings. The van der Waals surface area contributed by atoms with Gasteiger partial charge in [0.15, 0.2) is 0 Å². The summed E-state index contributed by atoms with van der Waals surface area (Å²) in [5, 5.41) is 18.1. The minimum Gasteiger partial charge on any atom is -0.400 e. The van der Waals surface area contributed by atoms with Gasteiger partial charge in [0.1, 0.15) is 17.2 Å². The van der Waals surface area contributed by atoms with Crippen molar-refractivity contribution < 1.29 is 23.5 Å². The predicted molar refractivity (Wildman–Crippen MR) is 193 cm³/mol. The summed E-state index contributed by atoms with van der Waals surface area (Å²) in [5.41, 5.74) is 6.10. The second kappa shape index (κ2) is 15.1. The lowest BCUT2D eigenvalue weighted by molar-refractivity contribution is -0.134. The van der Waals surface area contributed by atoms with Crippen molar-refractivity contribution in [1.82, 2.24) is 25.0 Å². The first-order valence-corrected chi connectivity index (χ1v) is 17.7. The molecule has 0 spiro atoms. The number of benzene rings is 3. The molecule has 0 bridgehead atoms. The standard InChI is InChI=1S/C39H38F2N6O2.CH4O/c40-32-23-29(47-21-16-34-37(47)24-35(44-43-34)26-4-2-1-3-5-26)7-8-30(32)25-12-17-45(18-13-25)28-14-19-46(20-15-28)36-10-6-27(22-33(36)41)31-9-11-38(48)42-39(31)49;1-2/h1-8,10,16,21-25,28,31H,9,11-15,17-20H2,(H,42,48,49);2H,1H3. The average Bonchev–Trinajstić information content (AvgIpc) is 3.60. The molecule has 3 aliphatic heterocycles. The summed E-state index contributed by atoms with van der Waals surface area (Å²) in [6.07, 6.45) is 6.25. The van der Waals surface area contributed by atoms with Gasteiger partial charge in [-0.2, -0.15) is 0 Å². The van der Waals surface area contributed by atoms with Gasteiger partial charge in [-0.3, -0.25) is 14.9 Å². The Labute approximate surface area is 295 Å². The van der Waals surface area contributed by atoms with Crippen LogP contribution in [0.25, 0.3) is 28.0 Å². The van der Waals surface area contributed by atoms with Gasteiger partial charge in [-0.05, 0) is 98.6 Å². The summed E-state index contributed by atoms with van der Waals surface area (Å²) in [5.74, 6) is -1.47. The summed E-state index contributed by atoms with van der Waals surface area (Å²) in [6.45, 7) is 3.33. The van der Waals surface area contributed by atoms with Crippen LogP contribution in [-0.4, -0.2) is 75.9 Å². The molecule has 5 heterocycles. The van der Waals surface area contributed by atoms with Gasteiger partial charge in [0, 0.05) is 50.1 Å². The second-order valence-electron chi connectivity index (χ2n) is 13.5. The van der Waals surface area contributed by atoms with Crippen LogP contribution in [0.4, 0.5) is 14.5 Å². The van der Waals surface area contributed by atoms with E-state index in [9.17, 15) is 9.59 Å². The maximum absolute atomic E-state index is 15.7. The van der Waals surface area contributed by atoms with Crippen LogP contribution in [0.15, 0.2) is 85.1 Å². The molecule has 1 atom stereocenters. The Morgan fingerprint density at radius 1 is 0.784 bits per heavy atom. The van der Waals surface area contributed by atoms with Crippen molar-refractivity contribution in [2.75, 3.05) is 38.2 Å². The number of nitrogens with zero attached hydrogens (tertiary/aromatic N) is 5. The fourth-order valence-electron chi connectivity index (χ4n) is 7.96. The van der Waals surface area contributed by atoms with Gasteiger partial charge in [0.2, 0.25) is 11.8 Å². The quantitative estimate of drug-likeness (QED) is 0.200. The first kappa shape index (κ1) is 34.4. The third kappa shape index (κ3) is 7.13. The molecule has 9 nitrogen and oxygen atoms in total. The number of likely N-dealkylation sites (tertiary alicyclic amines) is 1. The summed E-state index contributed by atoms with van der Waals surface area (Å²) in [6, 6.07) is 24.9. The third-order valence-corrected chi connectivity index (χ3v) is 10.7. The number of anilines is 1. The van der Waals surface area contributed by atoms with Gasteiger partial charge in [-0.15, -0.1) is 10.2 Å². The Morgan fingerprint density at radius 2 is 1.55 bits per heavy atom. The third-order valence-electron chi connectivity index (χ3n) is 10.7. The number of imide groups is 1. The van der Waals surface area contributed by atoms with Crippen LogP contribution >= 0.6 is 0 Å². The van der Waals surface area contributed by atoms with Gasteiger partial charge < -0.3 is 19.5 Å². The van der Waals surface area contributed by atoms with Gasteiger partial charge in [0.05, 0.1) is 22.8 Å². The Hall–Kier alpha value is -5.00. The number of hydrogen-bond donors (Lipinski definition) is 2. The summed E-state index contributed by atoms with van der Waals surface area (Å²) < 4.78 is 32.9. The lowest BCUT2D eigenvalue weighted by Crippen LogP contribution is -2.47. The molecule has 0 aliphatic carbocycles. The normalized spacial score (nSPS) is 19.1. The van der Waals surface area contributed by atoms with Gasteiger partial charge in [0.25, 0.3) is 0 Å². The van der Waals surface area contributed by atoms with Crippen molar-refractivity contribution >= 4 is 28.5 Å². The van der Waals surface area contributed by atoms with Crippen molar-refractivity contribution in [2.45, 2.75) is 56.4 Å². The molecule has 3 fully saturated rings. The van der Waals surface area contributed by atoms with Gasteiger partial charge in [-0.1, -0.05) is 42.5 Å². The number of aliphatic hydroxyl groups is 1. The average molecular weight is 693 g/mol. The largest absolute Gasteiger partial charge is 0.400 e. The van der Waals surface area contributed by atoms with Crippen LogP contribution in [0.1, 0.15) is 61.5 Å². The molecule has 2 amide bonds. The fourth-order valence-corrected chi connectivity index (χ4v) is 7.96. The molecule has 8 rings (SSSR count). The smallest absolute Gasteiger partial charge is 0.234 e. The molecule has 264 valence electrons. The van der Waals surface area contributed by atoms with Crippen LogP contribution in [0.5, 0.6) is 0 Å². The molecule has 51 heavy (non-hydrogen) atoms. The van der Waals surface area contributed by atoms with E-state index in [0.29, 0.717) is 23.7 Å². The molecule has 0 saturated carbocycles. The Morgan fingerprint density at radius 3 is 2.25 bits per heavy atom. The molecule has 3 aromatic carbocycles. The van der Waals surface area contributed by atoms with Gasteiger partial charge in [-0.25, -0.2) is 8.78 Å². The number of carbonyl (C=O) groups is 2. The highest BCUT2D eigenvalue weighted by Crippen LogP contribution is 2.35. The number of aliphatic hydroxyl groups excluding tert-OH is 1. The lowest BCUT2D eigenvalue weighted by atomic mass is 9.87. The molecule has 11 heteroatoms. The van der Waals surface area contributed by atoms with E-state index in [-0.39, 0.29) is 35.8 Å². The zero-order chi connectivity index (χ0) is 35.5. The Bertz CT molecular complexity index is 2020. The number of nitrogens with one attached hydrogen (secondary N) is 1. The fraction of sp³-hybridized carbons (Fsp3) is 0.350. The van der Waals surface area contributed by atoms with Gasteiger partial charge >= 0.3 is 0 Å². The van der Waals surface area contributed by atoms with E-state index in [1.807, 2.05) is 71.4 Å². The van der Waals surface area contributed by atoms with E-state index < -0.39 is 5.92 Å². The monoisotopic (exact) mass is 692 g/mol. The second-order valence-corrected chi connectivity index (χ2v) is 13.5. The van der Waals surface area contributed by atoms with E-state index in [0.717, 1.165) is 92.5 Å². The van der Waals surface area contributed by atoms with Crippen LogP contribution in [-0.2, 0) is 9.59 Å². The van der Waals surface area contributed by atoms with E-state index in [2.05, 4.69) is 25.3 Å². The highest BCUT2D eigenvalue weighted by molar-refractivity contribution is 6.01. The Balaban J connectivity index is 0.00000200. The lowest BCUT2D eigenvalue weighted by Gasteiger charge is -2.42. The zero-order valence-electron chi connectivity index (χ0n) is 28.6. The number of piperidine rings is 3. The number of hydrogen-bond acceptors (Lipinski definition) is 7. The minimum absolute atomic E-state index is 0.166. The van der Waals surface area contributed by atoms with Crippen molar-refractivity contribution in [3.8, 4) is 16.9 Å². The van der Waals surface area contributed by atoms with Crippen LogP contribution in [0.3, 0.4) is 0 Å². The van der Waals surface area contributed by atoms with Crippen molar-refractivity contribution in [3.63, 3.8) is 0 Å². The topological polar surface area (TPSA) is 104 Å². The van der Waals surface area contributed by atoms with E-state index >= 15 is 8.78 Å². The highest BCUT2D eigenvalue weighted by atomic mass is 19.1. The predicted octanol–water partition coefficient (Wildman–Crippen LogP) is 6.34. The molecular weight excluding hydrogens is 650 g/mol. The molecular formula is C40H42F2N6O3. The molecule has 3 saturated heterocycles. The van der Waals surface area contributed by atoms with E-state index in [1.54, 1.807) is 12.1 Å². The maximum atomic E-state index is 15.7. The Kier molecular flexibility index (Phi) is 10.2. The zero-order valence-corrected chi connectivity index (χ0v) is 28.6. The van der Waals surface area contributed by atoms with Crippen LogP contribution in [0, 0.1) is 11.6 Å². The highest BCUT2D eigenvalue weighted by Gasteiger charge is 2.32. The summed E-state index contributed by atoms with van der Waals surface area (Å²) >= 11 is 0. The van der Waals surface area contributed by atoms with Crippen molar-refractivity contribution in [3.05, 3.63) is 108 Å². The maximum Gasteiger partial charge on any atom is 0.234 e. The van der Waals surface area contributed by atoms with Crippen LogP contribution < -0.4 is 10.2 Å². The summed E-state index contributed by atoms with van der Waals surface area (Å²) in [7, 11) is 1.00. The van der Waals surface area contributed by atoms with Crippen molar-refractivity contribution in [1.29, 1.82) is 0 Å². The molecule has 2 N–H and O–H groups in total.